The third-order valence-electron chi connectivity index (χ3n) is 3.07. The maximum atomic E-state index is 10.4. The van der Waals surface area contributed by atoms with E-state index in [1.165, 1.54) is 19.3 Å². The summed E-state index contributed by atoms with van der Waals surface area (Å²) >= 11 is 0. The van der Waals surface area contributed by atoms with E-state index in [0.717, 1.165) is 6.54 Å². The Hall–Kier alpha value is -0.770. The first kappa shape index (κ1) is 11.3. The topological polar surface area (TPSA) is 67.2 Å². The molecule has 1 fully saturated rings. The molecule has 0 spiro atoms. The monoisotopic (exact) mass is 199 g/mol. The highest BCUT2D eigenvalue weighted by atomic mass is 16.2. The molecule has 4 heteroatoms. The van der Waals surface area contributed by atoms with Gasteiger partial charge in [0.15, 0.2) is 0 Å². The lowest BCUT2D eigenvalue weighted by molar-refractivity contribution is 0.247. The minimum Gasteiger partial charge on any atom is -0.352 e. The minimum absolute atomic E-state index is 0.396. The first-order valence-electron chi connectivity index (χ1n) is 5.29. The Labute approximate surface area is 85.6 Å². The normalized spacial score (nSPS) is 24.9. The lowest BCUT2D eigenvalue weighted by Crippen LogP contribution is -2.42. The van der Waals surface area contributed by atoms with E-state index in [4.69, 9.17) is 5.73 Å². The third-order valence-corrected chi connectivity index (χ3v) is 3.07. The zero-order valence-electron chi connectivity index (χ0n) is 9.10. The molecule has 0 aliphatic heterocycles. The molecule has 0 aromatic carbocycles. The number of carbonyl (C=O) groups is 1. The van der Waals surface area contributed by atoms with Crippen molar-refractivity contribution in [1.82, 2.24) is 10.6 Å². The Morgan fingerprint density at radius 3 is 2.71 bits per heavy atom. The van der Waals surface area contributed by atoms with Crippen molar-refractivity contribution in [3.05, 3.63) is 0 Å². The third kappa shape index (κ3) is 3.18. The molecule has 1 unspecified atom stereocenters. The largest absolute Gasteiger partial charge is 0.352 e. The highest BCUT2D eigenvalue weighted by Gasteiger charge is 2.33. The maximum Gasteiger partial charge on any atom is 0.312 e. The Balaban J connectivity index is 2.15. The standard InChI is InChI=1S/C10H21N3O/c1-10(2)5-3-4-8(10)12-6-7-13-9(11)14/h8,12H,3-7H2,1-2H3,(H3,11,13,14). The highest BCUT2D eigenvalue weighted by molar-refractivity contribution is 5.71. The zero-order chi connectivity index (χ0) is 10.6. The van der Waals surface area contributed by atoms with Crippen LogP contribution in [0.15, 0.2) is 0 Å². The lowest BCUT2D eigenvalue weighted by atomic mass is 9.87. The van der Waals surface area contributed by atoms with Crippen molar-refractivity contribution in [2.24, 2.45) is 11.1 Å². The summed E-state index contributed by atoms with van der Waals surface area (Å²) in [7, 11) is 0. The Kier molecular flexibility index (Phi) is 3.75. The van der Waals surface area contributed by atoms with Crippen LogP contribution in [-0.2, 0) is 0 Å². The number of nitrogens with one attached hydrogen (secondary N) is 2. The van der Waals surface area contributed by atoms with E-state index in [1.54, 1.807) is 0 Å². The first-order chi connectivity index (χ1) is 6.52. The summed E-state index contributed by atoms with van der Waals surface area (Å²) in [5, 5.41) is 6.03. The van der Waals surface area contributed by atoms with E-state index < -0.39 is 6.03 Å². The highest BCUT2D eigenvalue weighted by Crippen LogP contribution is 2.36. The van der Waals surface area contributed by atoms with Crippen molar-refractivity contribution >= 4 is 6.03 Å². The second-order valence-corrected chi connectivity index (χ2v) is 4.68. The molecule has 4 nitrogen and oxygen atoms in total. The van der Waals surface area contributed by atoms with E-state index in [0.29, 0.717) is 18.0 Å². The molecule has 82 valence electrons. The second kappa shape index (κ2) is 4.64. The molecule has 1 rings (SSSR count). The van der Waals surface area contributed by atoms with Gasteiger partial charge >= 0.3 is 6.03 Å². The predicted octanol–water partition coefficient (Wildman–Crippen LogP) is 0.823. The van der Waals surface area contributed by atoms with E-state index in [9.17, 15) is 4.79 Å². The molecule has 0 saturated heterocycles. The Bertz CT molecular complexity index is 204. The van der Waals surface area contributed by atoms with Crippen LogP contribution in [0.4, 0.5) is 4.79 Å². The zero-order valence-corrected chi connectivity index (χ0v) is 9.10. The SMILES string of the molecule is CC1(C)CCCC1NCCNC(N)=O. The van der Waals surface area contributed by atoms with Crippen LogP contribution in [0.1, 0.15) is 33.1 Å². The van der Waals surface area contributed by atoms with Gasteiger partial charge in [0, 0.05) is 19.1 Å². The average Bonchev–Trinajstić information content (AvgIpc) is 2.39. The van der Waals surface area contributed by atoms with E-state index in [-0.39, 0.29) is 0 Å². The molecule has 1 saturated carbocycles. The molecular formula is C10H21N3O. The summed E-state index contributed by atoms with van der Waals surface area (Å²) in [6.07, 6.45) is 3.82. The summed E-state index contributed by atoms with van der Waals surface area (Å²) in [6.45, 7) is 6.00. The van der Waals surface area contributed by atoms with Crippen LogP contribution in [0.25, 0.3) is 0 Å². The van der Waals surface area contributed by atoms with Crippen molar-refractivity contribution in [3.63, 3.8) is 0 Å². The van der Waals surface area contributed by atoms with Gasteiger partial charge in [0.05, 0.1) is 0 Å². The maximum absolute atomic E-state index is 10.4. The Morgan fingerprint density at radius 2 is 2.21 bits per heavy atom. The Morgan fingerprint density at radius 1 is 1.50 bits per heavy atom. The van der Waals surface area contributed by atoms with Gasteiger partial charge in [-0.1, -0.05) is 20.3 Å². The van der Waals surface area contributed by atoms with Gasteiger partial charge in [-0.3, -0.25) is 0 Å². The number of carbonyl (C=O) groups excluding carboxylic acids is 1. The predicted molar refractivity (Wildman–Crippen MR) is 57.0 cm³/mol. The molecule has 14 heavy (non-hydrogen) atoms. The van der Waals surface area contributed by atoms with Crippen molar-refractivity contribution < 1.29 is 4.79 Å². The summed E-state index contributed by atoms with van der Waals surface area (Å²) in [4.78, 5) is 10.4. The molecule has 0 aromatic heterocycles. The second-order valence-electron chi connectivity index (χ2n) is 4.68. The molecule has 0 aromatic rings. The van der Waals surface area contributed by atoms with Crippen LogP contribution in [0.2, 0.25) is 0 Å². The van der Waals surface area contributed by atoms with Gasteiger partial charge in [-0.25, -0.2) is 4.79 Å². The molecule has 4 N–H and O–H groups in total. The van der Waals surface area contributed by atoms with Crippen LogP contribution in [0.3, 0.4) is 0 Å². The van der Waals surface area contributed by atoms with Gasteiger partial charge in [-0.2, -0.15) is 0 Å². The van der Waals surface area contributed by atoms with Crippen LogP contribution < -0.4 is 16.4 Å². The van der Waals surface area contributed by atoms with Crippen LogP contribution in [0, 0.1) is 5.41 Å². The number of hydrogen-bond donors (Lipinski definition) is 3. The fourth-order valence-electron chi connectivity index (χ4n) is 2.14. The minimum atomic E-state index is -0.447. The number of amides is 2. The van der Waals surface area contributed by atoms with Gasteiger partial charge in [-0.15, -0.1) is 0 Å². The van der Waals surface area contributed by atoms with Gasteiger partial charge in [-0.05, 0) is 18.3 Å². The molecule has 2 amide bonds. The van der Waals surface area contributed by atoms with Crippen molar-refractivity contribution in [3.8, 4) is 0 Å². The molecule has 0 radical (unpaired) electrons. The molecule has 1 aliphatic rings. The summed E-state index contributed by atoms with van der Waals surface area (Å²) in [5.41, 5.74) is 5.36. The number of nitrogens with two attached hydrogens (primary N) is 1. The van der Waals surface area contributed by atoms with Crippen molar-refractivity contribution in [1.29, 1.82) is 0 Å². The fraction of sp³-hybridized carbons (Fsp3) is 0.900. The van der Waals surface area contributed by atoms with E-state index in [2.05, 4.69) is 24.5 Å². The van der Waals surface area contributed by atoms with Gasteiger partial charge in [0.1, 0.15) is 0 Å². The van der Waals surface area contributed by atoms with Crippen molar-refractivity contribution in [2.75, 3.05) is 13.1 Å². The van der Waals surface area contributed by atoms with E-state index in [1.807, 2.05) is 0 Å². The summed E-state index contributed by atoms with van der Waals surface area (Å²) in [5.74, 6) is 0. The van der Waals surface area contributed by atoms with Crippen LogP contribution in [-0.4, -0.2) is 25.2 Å². The smallest absolute Gasteiger partial charge is 0.312 e. The van der Waals surface area contributed by atoms with Gasteiger partial charge < -0.3 is 16.4 Å². The number of urea groups is 1. The number of rotatable bonds is 4. The first-order valence-corrected chi connectivity index (χ1v) is 5.29. The molecule has 0 heterocycles. The van der Waals surface area contributed by atoms with Crippen LogP contribution in [0.5, 0.6) is 0 Å². The number of hydrogen-bond acceptors (Lipinski definition) is 2. The lowest BCUT2D eigenvalue weighted by Gasteiger charge is -2.27. The molecule has 1 aliphatic carbocycles. The van der Waals surface area contributed by atoms with Gasteiger partial charge in [0.25, 0.3) is 0 Å². The fourth-order valence-corrected chi connectivity index (χ4v) is 2.14. The summed E-state index contributed by atoms with van der Waals surface area (Å²) in [6, 6.07) is 0.134. The number of primary amides is 1. The van der Waals surface area contributed by atoms with Crippen molar-refractivity contribution in [2.45, 2.75) is 39.2 Å². The molecule has 0 bridgehead atoms. The van der Waals surface area contributed by atoms with E-state index >= 15 is 0 Å². The molecular weight excluding hydrogens is 178 g/mol. The van der Waals surface area contributed by atoms with Crippen LogP contribution >= 0.6 is 0 Å². The summed E-state index contributed by atoms with van der Waals surface area (Å²) < 4.78 is 0. The quantitative estimate of drug-likeness (QED) is 0.587. The average molecular weight is 199 g/mol. The van der Waals surface area contributed by atoms with Gasteiger partial charge in [0.2, 0.25) is 0 Å². The molecule has 1 atom stereocenters.